The zero-order valence-corrected chi connectivity index (χ0v) is 7.58. The largest absolute Gasteiger partial charge is 0.508 e. The Bertz CT molecular complexity index is 323. The van der Waals surface area contributed by atoms with Gasteiger partial charge in [0.25, 0.3) is 5.92 Å². The molecule has 1 aliphatic heterocycles. The van der Waals surface area contributed by atoms with Crippen molar-refractivity contribution in [3.05, 3.63) is 24.3 Å². The zero-order chi connectivity index (χ0) is 10.2. The number of phenols is 1. The van der Waals surface area contributed by atoms with Crippen LogP contribution >= 0.6 is 0 Å². The summed E-state index contributed by atoms with van der Waals surface area (Å²) < 4.78 is 25.7. The second kappa shape index (κ2) is 3.12. The molecule has 76 valence electrons. The third kappa shape index (κ3) is 1.78. The van der Waals surface area contributed by atoms with Gasteiger partial charge in [-0.15, -0.1) is 0 Å². The minimum absolute atomic E-state index is 0.0894. The van der Waals surface area contributed by atoms with E-state index in [1.165, 1.54) is 12.1 Å². The van der Waals surface area contributed by atoms with E-state index in [1.54, 1.807) is 17.0 Å². The Morgan fingerprint density at radius 3 is 2.36 bits per heavy atom. The maximum atomic E-state index is 12.9. The van der Waals surface area contributed by atoms with E-state index in [-0.39, 0.29) is 18.7 Å². The van der Waals surface area contributed by atoms with Crippen molar-refractivity contribution in [2.45, 2.75) is 12.3 Å². The van der Waals surface area contributed by atoms with Gasteiger partial charge >= 0.3 is 0 Å². The number of nitrogens with zero attached hydrogens (tertiary/aromatic N) is 1. The van der Waals surface area contributed by atoms with Crippen LogP contribution in [0.2, 0.25) is 0 Å². The van der Waals surface area contributed by atoms with Gasteiger partial charge in [-0.25, -0.2) is 8.78 Å². The second-order valence-electron chi connectivity index (χ2n) is 3.54. The molecule has 1 heterocycles. The lowest BCUT2D eigenvalue weighted by Gasteiger charge is -2.17. The highest BCUT2D eigenvalue weighted by molar-refractivity contribution is 5.49. The van der Waals surface area contributed by atoms with E-state index in [1.807, 2.05) is 0 Å². The summed E-state index contributed by atoms with van der Waals surface area (Å²) in [6, 6.07) is 6.31. The first-order valence-electron chi connectivity index (χ1n) is 4.49. The van der Waals surface area contributed by atoms with Crippen LogP contribution in [0.15, 0.2) is 24.3 Å². The smallest absolute Gasteiger partial charge is 0.266 e. The lowest BCUT2D eigenvalue weighted by Crippen LogP contribution is -2.24. The van der Waals surface area contributed by atoms with Crippen LogP contribution < -0.4 is 4.90 Å². The number of halogens is 2. The van der Waals surface area contributed by atoms with Gasteiger partial charge in [0.15, 0.2) is 0 Å². The maximum Gasteiger partial charge on any atom is 0.266 e. The summed E-state index contributed by atoms with van der Waals surface area (Å²) in [5.74, 6) is -2.42. The van der Waals surface area contributed by atoms with E-state index in [0.29, 0.717) is 6.54 Å². The molecule has 0 amide bonds. The fraction of sp³-hybridized carbons (Fsp3) is 0.400. The van der Waals surface area contributed by atoms with Crippen molar-refractivity contribution in [1.82, 2.24) is 0 Å². The molecule has 0 bridgehead atoms. The Balaban J connectivity index is 2.14. The summed E-state index contributed by atoms with van der Waals surface area (Å²) in [7, 11) is 0. The first-order chi connectivity index (χ1) is 6.57. The normalized spacial score (nSPS) is 20.0. The van der Waals surface area contributed by atoms with Crippen molar-refractivity contribution < 1.29 is 13.9 Å². The lowest BCUT2D eigenvalue weighted by atomic mass is 10.3. The molecule has 1 fully saturated rings. The van der Waals surface area contributed by atoms with E-state index in [2.05, 4.69) is 0 Å². The number of phenolic OH excluding ortho intramolecular Hbond substituents is 1. The summed E-state index contributed by atoms with van der Waals surface area (Å²) in [6.07, 6.45) is -0.0894. The highest BCUT2D eigenvalue weighted by Gasteiger charge is 2.38. The van der Waals surface area contributed by atoms with Crippen molar-refractivity contribution in [3.63, 3.8) is 0 Å². The summed E-state index contributed by atoms with van der Waals surface area (Å²) >= 11 is 0. The average molecular weight is 199 g/mol. The molecule has 1 aromatic rings. The van der Waals surface area contributed by atoms with Crippen LogP contribution in [0.25, 0.3) is 0 Å². The topological polar surface area (TPSA) is 23.5 Å². The molecule has 1 aromatic carbocycles. The van der Waals surface area contributed by atoms with Crippen LogP contribution in [-0.4, -0.2) is 24.1 Å². The van der Waals surface area contributed by atoms with Crippen LogP contribution in [0.3, 0.4) is 0 Å². The average Bonchev–Trinajstić information content (AvgIpc) is 2.47. The fourth-order valence-electron chi connectivity index (χ4n) is 1.62. The van der Waals surface area contributed by atoms with E-state index in [9.17, 15) is 8.78 Å². The number of hydrogen-bond acceptors (Lipinski definition) is 2. The molecule has 0 atom stereocenters. The van der Waals surface area contributed by atoms with E-state index < -0.39 is 5.92 Å². The third-order valence-electron chi connectivity index (χ3n) is 2.38. The molecule has 1 saturated heterocycles. The van der Waals surface area contributed by atoms with Gasteiger partial charge in [0.05, 0.1) is 6.54 Å². The summed E-state index contributed by atoms with van der Waals surface area (Å²) in [4.78, 5) is 1.62. The van der Waals surface area contributed by atoms with Crippen molar-refractivity contribution >= 4 is 5.69 Å². The van der Waals surface area contributed by atoms with Crippen molar-refractivity contribution in [2.75, 3.05) is 18.0 Å². The van der Waals surface area contributed by atoms with Crippen LogP contribution in [0.4, 0.5) is 14.5 Å². The first-order valence-corrected chi connectivity index (χ1v) is 4.49. The molecule has 1 N–H and O–H groups in total. The van der Waals surface area contributed by atoms with Crippen LogP contribution in [0.1, 0.15) is 6.42 Å². The number of hydrogen-bond donors (Lipinski definition) is 1. The summed E-state index contributed by atoms with van der Waals surface area (Å²) in [5, 5.41) is 9.04. The fourth-order valence-corrected chi connectivity index (χ4v) is 1.62. The zero-order valence-electron chi connectivity index (χ0n) is 7.58. The molecular weight excluding hydrogens is 188 g/mol. The molecule has 0 saturated carbocycles. The van der Waals surface area contributed by atoms with Crippen LogP contribution in [-0.2, 0) is 0 Å². The minimum atomic E-state index is -2.57. The maximum absolute atomic E-state index is 12.9. The van der Waals surface area contributed by atoms with Gasteiger partial charge in [0.2, 0.25) is 0 Å². The number of benzene rings is 1. The van der Waals surface area contributed by atoms with Gasteiger partial charge in [-0.1, -0.05) is 0 Å². The quantitative estimate of drug-likeness (QED) is 0.749. The molecule has 2 nitrogen and oxygen atoms in total. The van der Waals surface area contributed by atoms with Gasteiger partial charge < -0.3 is 10.0 Å². The molecule has 1 aliphatic rings. The predicted molar refractivity (Wildman–Crippen MR) is 49.9 cm³/mol. The number of aromatic hydroxyl groups is 1. The van der Waals surface area contributed by atoms with Gasteiger partial charge in [0, 0.05) is 18.7 Å². The Labute approximate surface area is 80.8 Å². The van der Waals surface area contributed by atoms with Gasteiger partial charge in [-0.2, -0.15) is 0 Å². The number of anilines is 1. The molecular formula is C10H11F2NO. The molecule has 14 heavy (non-hydrogen) atoms. The Hall–Kier alpha value is -1.32. The SMILES string of the molecule is Oc1ccc(N2CCC(F)(F)C2)cc1. The van der Waals surface area contributed by atoms with Crippen molar-refractivity contribution in [1.29, 1.82) is 0 Å². The van der Waals surface area contributed by atoms with Gasteiger partial charge in [-0.3, -0.25) is 0 Å². The van der Waals surface area contributed by atoms with Gasteiger partial charge in [-0.05, 0) is 24.3 Å². The van der Waals surface area contributed by atoms with Crippen LogP contribution in [0, 0.1) is 0 Å². The summed E-state index contributed by atoms with van der Waals surface area (Å²) in [5.41, 5.74) is 0.736. The standard InChI is InChI=1S/C10H11F2NO/c11-10(12)5-6-13(7-10)8-1-3-9(14)4-2-8/h1-4,14H,5-7H2. The molecule has 4 heteroatoms. The van der Waals surface area contributed by atoms with Gasteiger partial charge in [0.1, 0.15) is 5.75 Å². The van der Waals surface area contributed by atoms with E-state index in [0.717, 1.165) is 5.69 Å². The number of alkyl halides is 2. The molecule has 0 aliphatic carbocycles. The molecule has 0 unspecified atom stereocenters. The second-order valence-corrected chi connectivity index (χ2v) is 3.54. The molecule has 0 spiro atoms. The lowest BCUT2D eigenvalue weighted by molar-refractivity contribution is 0.0257. The number of rotatable bonds is 1. The monoisotopic (exact) mass is 199 g/mol. The summed E-state index contributed by atoms with van der Waals surface area (Å²) in [6.45, 7) is 0.148. The van der Waals surface area contributed by atoms with Crippen LogP contribution in [0.5, 0.6) is 5.75 Å². The molecule has 0 radical (unpaired) electrons. The predicted octanol–water partition coefficient (Wildman–Crippen LogP) is 2.24. The van der Waals surface area contributed by atoms with Crippen molar-refractivity contribution in [3.8, 4) is 5.75 Å². The molecule has 0 aromatic heterocycles. The minimum Gasteiger partial charge on any atom is -0.508 e. The van der Waals surface area contributed by atoms with E-state index >= 15 is 0 Å². The molecule has 2 rings (SSSR count). The highest BCUT2D eigenvalue weighted by atomic mass is 19.3. The Morgan fingerprint density at radius 1 is 1.21 bits per heavy atom. The third-order valence-corrected chi connectivity index (χ3v) is 2.38. The van der Waals surface area contributed by atoms with E-state index in [4.69, 9.17) is 5.11 Å². The first kappa shape index (κ1) is 9.24. The Morgan fingerprint density at radius 2 is 1.86 bits per heavy atom. The Kier molecular flexibility index (Phi) is 2.06. The highest BCUT2D eigenvalue weighted by Crippen LogP contribution is 2.31. The van der Waals surface area contributed by atoms with Crippen molar-refractivity contribution in [2.24, 2.45) is 0 Å².